The summed E-state index contributed by atoms with van der Waals surface area (Å²) in [4.78, 5) is 12.3. The van der Waals surface area contributed by atoms with Crippen LogP contribution in [-0.4, -0.2) is 42.5 Å². The molecule has 0 aliphatic heterocycles. The van der Waals surface area contributed by atoms with E-state index in [1.54, 1.807) is 0 Å². The number of hydrogen-bond acceptors (Lipinski definition) is 3. The first-order valence-corrected chi connectivity index (χ1v) is 3.34. The number of carbonyl (C=O) groups excluding carboxylic acids is 1. The highest BCUT2D eigenvalue weighted by molar-refractivity contribution is 5.75. The van der Waals surface area contributed by atoms with Gasteiger partial charge >= 0.3 is 0 Å². The molecule has 0 rings (SSSR count). The molecule has 1 atom stereocenters. The molecule has 0 aromatic carbocycles. The average Bonchev–Trinajstić information content (AvgIpc) is 1.58. The maximum Gasteiger partial charge on any atom is 0.132 e. The summed E-state index contributed by atoms with van der Waals surface area (Å²) in [5, 5.41) is 9.13. The number of ketones is 1. The zero-order valence-electron chi connectivity index (χ0n) is 6.79. The van der Waals surface area contributed by atoms with E-state index in [0.29, 0.717) is 6.54 Å². The largest absolute Gasteiger partial charge is 0.391 e. The Morgan fingerprint density at radius 1 is 1.60 bits per heavy atom. The molecule has 0 saturated carbocycles. The van der Waals surface area contributed by atoms with Gasteiger partial charge < -0.3 is 10.0 Å². The predicted molar refractivity (Wildman–Crippen MR) is 39.9 cm³/mol. The highest BCUT2D eigenvalue weighted by Crippen LogP contribution is 1.93. The second-order valence-electron chi connectivity index (χ2n) is 2.82. The molecule has 1 unspecified atom stereocenters. The fraction of sp³-hybridized carbons (Fsp3) is 0.857. The minimum atomic E-state index is -0.507. The number of aliphatic hydroxyl groups excluding tert-OH is 1. The molecule has 0 heterocycles. The second-order valence-corrected chi connectivity index (χ2v) is 2.82. The quantitative estimate of drug-likeness (QED) is 0.600. The van der Waals surface area contributed by atoms with E-state index in [1.807, 2.05) is 19.0 Å². The van der Waals surface area contributed by atoms with Crippen molar-refractivity contribution in [2.45, 2.75) is 19.4 Å². The maximum atomic E-state index is 10.5. The number of Topliss-reactive ketones (excluding diaryl/α,β-unsaturated/α-hetero) is 1. The van der Waals surface area contributed by atoms with Gasteiger partial charge in [-0.05, 0) is 21.0 Å². The molecule has 0 saturated heterocycles. The van der Waals surface area contributed by atoms with Crippen LogP contribution >= 0.6 is 0 Å². The van der Waals surface area contributed by atoms with Crippen LogP contribution in [0.5, 0.6) is 0 Å². The van der Waals surface area contributed by atoms with Crippen molar-refractivity contribution in [1.29, 1.82) is 0 Å². The maximum absolute atomic E-state index is 10.5. The van der Waals surface area contributed by atoms with Gasteiger partial charge in [0.15, 0.2) is 0 Å². The van der Waals surface area contributed by atoms with E-state index < -0.39 is 6.10 Å². The van der Waals surface area contributed by atoms with Crippen molar-refractivity contribution >= 4 is 5.78 Å². The topological polar surface area (TPSA) is 40.5 Å². The van der Waals surface area contributed by atoms with Crippen molar-refractivity contribution in [3.05, 3.63) is 0 Å². The third-order valence-electron chi connectivity index (χ3n) is 1.10. The highest BCUT2D eigenvalue weighted by atomic mass is 16.3. The lowest BCUT2D eigenvalue weighted by Gasteiger charge is -2.13. The Labute approximate surface area is 61.6 Å². The van der Waals surface area contributed by atoms with Crippen LogP contribution in [0.4, 0.5) is 0 Å². The van der Waals surface area contributed by atoms with Crippen molar-refractivity contribution < 1.29 is 9.90 Å². The standard InChI is InChI=1S/C7H15NO2/c1-6(9)4-7(10)5-8(2)3/h7,10H,4-5H2,1-3H3. The van der Waals surface area contributed by atoms with Crippen LogP contribution in [0.1, 0.15) is 13.3 Å². The Bertz CT molecular complexity index is 112. The summed E-state index contributed by atoms with van der Waals surface area (Å²) >= 11 is 0. The molecule has 0 aliphatic carbocycles. The third kappa shape index (κ3) is 5.72. The molecule has 3 heteroatoms. The van der Waals surface area contributed by atoms with Crippen molar-refractivity contribution in [3.63, 3.8) is 0 Å². The summed E-state index contributed by atoms with van der Waals surface area (Å²) in [7, 11) is 3.73. The normalized spacial score (nSPS) is 13.7. The molecule has 0 aromatic heterocycles. The van der Waals surface area contributed by atoms with Gasteiger partial charge in [0, 0.05) is 13.0 Å². The lowest BCUT2D eigenvalue weighted by atomic mass is 10.2. The van der Waals surface area contributed by atoms with E-state index in [2.05, 4.69) is 0 Å². The lowest BCUT2D eigenvalue weighted by molar-refractivity contribution is -0.119. The Morgan fingerprint density at radius 3 is 2.40 bits per heavy atom. The van der Waals surface area contributed by atoms with Crippen LogP contribution in [0, 0.1) is 0 Å². The smallest absolute Gasteiger partial charge is 0.132 e. The third-order valence-corrected chi connectivity index (χ3v) is 1.10. The van der Waals surface area contributed by atoms with Gasteiger partial charge in [-0.25, -0.2) is 0 Å². The monoisotopic (exact) mass is 145 g/mol. The first kappa shape index (κ1) is 9.59. The molecule has 0 aliphatic rings. The van der Waals surface area contributed by atoms with E-state index in [0.717, 1.165) is 0 Å². The molecular formula is C7H15NO2. The zero-order valence-corrected chi connectivity index (χ0v) is 6.79. The summed E-state index contributed by atoms with van der Waals surface area (Å²) in [5.41, 5.74) is 0. The molecule has 0 bridgehead atoms. The first-order chi connectivity index (χ1) is 4.52. The number of likely N-dealkylation sites (N-methyl/N-ethyl adjacent to an activating group) is 1. The minimum absolute atomic E-state index is 0.0364. The van der Waals surface area contributed by atoms with Gasteiger partial charge in [-0.2, -0.15) is 0 Å². The SMILES string of the molecule is CC(=O)CC(O)CN(C)C. The summed E-state index contributed by atoms with van der Waals surface area (Å²) in [5.74, 6) is 0.0364. The van der Waals surface area contributed by atoms with Crippen molar-refractivity contribution in [2.24, 2.45) is 0 Å². The summed E-state index contributed by atoms with van der Waals surface area (Å²) < 4.78 is 0. The molecule has 0 radical (unpaired) electrons. The molecule has 0 fully saturated rings. The number of aliphatic hydroxyl groups is 1. The van der Waals surface area contributed by atoms with Gasteiger partial charge in [0.05, 0.1) is 6.10 Å². The van der Waals surface area contributed by atoms with Gasteiger partial charge in [0.25, 0.3) is 0 Å². The van der Waals surface area contributed by atoms with E-state index in [9.17, 15) is 4.79 Å². The molecular weight excluding hydrogens is 130 g/mol. The average molecular weight is 145 g/mol. The predicted octanol–water partition coefficient (Wildman–Crippen LogP) is -0.112. The van der Waals surface area contributed by atoms with Crippen molar-refractivity contribution in [2.75, 3.05) is 20.6 Å². The first-order valence-electron chi connectivity index (χ1n) is 3.34. The minimum Gasteiger partial charge on any atom is -0.391 e. The molecule has 0 amide bonds. The van der Waals surface area contributed by atoms with Gasteiger partial charge in [-0.1, -0.05) is 0 Å². The van der Waals surface area contributed by atoms with Gasteiger partial charge in [-0.3, -0.25) is 4.79 Å². The summed E-state index contributed by atoms with van der Waals surface area (Å²) in [6.45, 7) is 2.04. The second kappa shape index (κ2) is 4.41. The Morgan fingerprint density at radius 2 is 2.10 bits per heavy atom. The molecule has 1 N–H and O–H groups in total. The number of rotatable bonds is 4. The van der Waals surface area contributed by atoms with Crippen LogP contribution in [0.2, 0.25) is 0 Å². The van der Waals surface area contributed by atoms with Gasteiger partial charge in [0.1, 0.15) is 5.78 Å². The number of nitrogens with zero attached hydrogens (tertiary/aromatic N) is 1. The van der Waals surface area contributed by atoms with E-state index in [-0.39, 0.29) is 12.2 Å². The van der Waals surface area contributed by atoms with Crippen molar-refractivity contribution in [1.82, 2.24) is 4.90 Å². The summed E-state index contributed by atoms with van der Waals surface area (Å²) in [6, 6.07) is 0. The Hall–Kier alpha value is -0.410. The van der Waals surface area contributed by atoms with Gasteiger partial charge in [0.2, 0.25) is 0 Å². The van der Waals surface area contributed by atoms with Crippen LogP contribution in [0.15, 0.2) is 0 Å². The summed E-state index contributed by atoms with van der Waals surface area (Å²) in [6.07, 6.45) is -0.245. The molecule has 0 spiro atoms. The van der Waals surface area contributed by atoms with Crippen LogP contribution in [0.25, 0.3) is 0 Å². The fourth-order valence-corrected chi connectivity index (χ4v) is 0.818. The molecule has 60 valence electrons. The van der Waals surface area contributed by atoms with Crippen LogP contribution in [0.3, 0.4) is 0 Å². The number of hydrogen-bond donors (Lipinski definition) is 1. The fourth-order valence-electron chi connectivity index (χ4n) is 0.818. The van der Waals surface area contributed by atoms with E-state index >= 15 is 0 Å². The Balaban J connectivity index is 3.43. The van der Waals surface area contributed by atoms with E-state index in [4.69, 9.17) is 5.11 Å². The van der Waals surface area contributed by atoms with Gasteiger partial charge in [-0.15, -0.1) is 0 Å². The van der Waals surface area contributed by atoms with Crippen LogP contribution < -0.4 is 0 Å². The Kier molecular flexibility index (Phi) is 4.23. The lowest BCUT2D eigenvalue weighted by Crippen LogP contribution is -2.27. The molecule has 0 aromatic rings. The zero-order chi connectivity index (χ0) is 8.15. The highest BCUT2D eigenvalue weighted by Gasteiger charge is 2.07. The van der Waals surface area contributed by atoms with Crippen LogP contribution in [-0.2, 0) is 4.79 Å². The molecule has 3 nitrogen and oxygen atoms in total. The molecule has 10 heavy (non-hydrogen) atoms. The number of carbonyl (C=O) groups is 1. The van der Waals surface area contributed by atoms with E-state index in [1.165, 1.54) is 6.92 Å². The van der Waals surface area contributed by atoms with Crippen molar-refractivity contribution in [3.8, 4) is 0 Å².